The van der Waals surface area contributed by atoms with E-state index in [0.29, 0.717) is 16.4 Å². The molecule has 1 aliphatic carbocycles. The van der Waals surface area contributed by atoms with E-state index >= 15 is 0 Å². The molecule has 7 heteroatoms. The number of hydrogen-bond acceptors (Lipinski definition) is 6. The zero-order valence-corrected chi connectivity index (χ0v) is 16.8. The Morgan fingerprint density at radius 1 is 1.18 bits per heavy atom. The molecule has 2 aromatic rings. The van der Waals surface area contributed by atoms with Gasteiger partial charge in [0.15, 0.2) is 6.61 Å². The van der Waals surface area contributed by atoms with E-state index in [4.69, 9.17) is 4.74 Å². The fourth-order valence-electron chi connectivity index (χ4n) is 3.14. The second-order valence-electron chi connectivity index (χ2n) is 6.95. The summed E-state index contributed by atoms with van der Waals surface area (Å²) in [6.07, 6.45) is 3.14. The van der Waals surface area contributed by atoms with Gasteiger partial charge in [0.2, 0.25) is 0 Å². The van der Waals surface area contributed by atoms with Crippen LogP contribution in [0.4, 0.5) is 0 Å². The minimum Gasteiger partial charge on any atom is -0.465 e. The summed E-state index contributed by atoms with van der Waals surface area (Å²) in [7, 11) is 1.32. The molecule has 0 radical (unpaired) electrons. The Labute approximate surface area is 167 Å². The Morgan fingerprint density at radius 3 is 2.64 bits per heavy atom. The average Bonchev–Trinajstić information content (AvgIpc) is 3.13. The Balaban J connectivity index is 1.45. The van der Waals surface area contributed by atoms with Crippen molar-refractivity contribution < 1.29 is 23.9 Å². The molecule has 1 aliphatic rings. The van der Waals surface area contributed by atoms with E-state index in [1.165, 1.54) is 28.9 Å². The van der Waals surface area contributed by atoms with Crippen LogP contribution in [0.2, 0.25) is 0 Å². The monoisotopic (exact) mass is 401 g/mol. The number of esters is 2. The highest BCUT2D eigenvalue weighted by molar-refractivity contribution is 7.14. The standard InChI is InChI=1S/C21H23NO5S/c1-13-3-8-17-16(9-13)10-18(28-17)21(25)27-12-19(23)22-11-14-4-6-15(7-5-14)20(24)26-2/h4-7,10,13H,3,8-9,11-12H2,1-2H3,(H,22,23)/t13-/m1/s1. The summed E-state index contributed by atoms with van der Waals surface area (Å²) in [5, 5.41) is 2.69. The third-order valence-corrected chi connectivity index (χ3v) is 5.95. The molecule has 0 saturated heterocycles. The molecule has 0 bridgehead atoms. The van der Waals surface area contributed by atoms with Crippen LogP contribution in [-0.2, 0) is 33.7 Å². The fourth-order valence-corrected chi connectivity index (χ4v) is 4.24. The number of rotatable bonds is 6. The Kier molecular flexibility index (Phi) is 6.46. The molecule has 1 N–H and O–H groups in total. The van der Waals surface area contributed by atoms with Crippen molar-refractivity contribution in [1.29, 1.82) is 0 Å². The van der Waals surface area contributed by atoms with Crippen LogP contribution in [-0.4, -0.2) is 31.6 Å². The lowest BCUT2D eigenvalue weighted by Gasteiger charge is -2.16. The zero-order chi connectivity index (χ0) is 20.1. The molecule has 6 nitrogen and oxygen atoms in total. The van der Waals surface area contributed by atoms with Crippen molar-refractivity contribution >= 4 is 29.2 Å². The zero-order valence-electron chi connectivity index (χ0n) is 15.9. The Morgan fingerprint density at radius 2 is 1.93 bits per heavy atom. The number of aryl methyl sites for hydroxylation is 1. The van der Waals surface area contributed by atoms with E-state index in [-0.39, 0.29) is 19.1 Å². The van der Waals surface area contributed by atoms with Crippen molar-refractivity contribution in [2.75, 3.05) is 13.7 Å². The van der Waals surface area contributed by atoms with Gasteiger partial charge < -0.3 is 14.8 Å². The second-order valence-corrected chi connectivity index (χ2v) is 8.09. The first kappa shape index (κ1) is 20.1. The van der Waals surface area contributed by atoms with Crippen molar-refractivity contribution in [3.8, 4) is 0 Å². The van der Waals surface area contributed by atoms with E-state index in [1.807, 2.05) is 6.07 Å². The maximum atomic E-state index is 12.2. The van der Waals surface area contributed by atoms with Crippen LogP contribution in [0.3, 0.4) is 0 Å². The second kappa shape index (κ2) is 9.01. The lowest BCUT2D eigenvalue weighted by atomic mass is 9.90. The van der Waals surface area contributed by atoms with Gasteiger partial charge in [-0.15, -0.1) is 11.3 Å². The van der Waals surface area contributed by atoms with Gasteiger partial charge in [0, 0.05) is 11.4 Å². The molecule has 1 heterocycles. The smallest absolute Gasteiger partial charge is 0.348 e. The van der Waals surface area contributed by atoms with Gasteiger partial charge in [0.25, 0.3) is 5.91 Å². The molecule has 3 rings (SSSR count). The lowest BCUT2D eigenvalue weighted by molar-refractivity contribution is -0.124. The highest BCUT2D eigenvalue weighted by Gasteiger charge is 2.21. The number of fused-ring (bicyclic) bond motifs is 1. The summed E-state index contributed by atoms with van der Waals surface area (Å²) in [6, 6.07) is 8.63. The molecule has 1 atom stereocenters. The normalized spacial score (nSPS) is 15.4. The molecule has 0 unspecified atom stereocenters. The van der Waals surface area contributed by atoms with Gasteiger partial charge >= 0.3 is 11.9 Å². The molecule has 0 saturated carbocycles. The highest BCUT2D eigenvalue weighted by atomic mass is 32.1. The van der Waals surface area contributed by atoms with Gasteiger partial charge in [-0.1, -0.05) is 19.1 Å². The molecule has 0 aliphatic heterocycles. The molecule has 148 valence electrons. The topological polar surface area (TPSA) is 81.7 Å². The maximum absolute atomic E-state index is 12.2. The van der Waals surface area contributed by atoms with Crippen LogP contribution >= 0.6 is 11.3 Å². The van der Waals surface area contributed by atoms with E-state index in [1.54, 1.807) is 24.3 Å². The Hall–Kier alpha value is -2.67. The number of carbonyl (C=O) groups excluding carboxylic acids is 3. The number of thiophene rings is 1. The van der Waals surface area contributed by atoms with Crippen molar-refractivity contribution in [2.45, 2.75) is 32.7 Å². The quantitative estimate of drug-likeness (QED) is 0.752. The number of methoxy groups -OCH3 is 1. The first-order chi connectivity index (χ1) is 13.5. The van der Waals surface area contributed by atoms with Crippen molar-refractivity contribution in [2.24, 2.45) is 5.92 Å². The highest BCUT2D eigenvalue weighted by Crippen LogP contribution is 2.32. The summed E-state index contributed by atoms with van der Waals surface area (Å²) in [6.45, 7) is 2.17. The molecule has 28 heavy (non-hydrogen) atoms. The van der Waals surface area contributed by atoms with Crippen molar-refractivity contribution in [1.82, 2.24) is 5.32 Å². The van der Waals surface area contributed by atoms with Gasteiger partial charge in [0.05, 0.1) is 12.7 Å². The SMILES string of the molecule is COC(=O)c1ccc(CNC(=O)COC(=O)c2cc3c(s2)CC[C@@H](C)C3)cc1. The van der Waals surface area contributed by atoms with Crippen LogP contribution in [0.25, 0.3) is 0 Å². The Bertz CT molecular complexity index is 871. The first-order valence-electron chi connectivity index (χ1n) is 9.19. The number of nitrogens with one attached hydrogen (secondary N) is 1. The van der Waals surface area contributed by atoms with Crippen molar-refractivity contribution in [3.63, 3.8) is 0 Å². The summed E-state index contributed by atoms with van der Waals surface area (Å²) in [5.74, 6) is -0.601. The van der Waals surface area contributed by atoms with Gasteiger partial charge in [-0.3, -0.25) is 4.79 Å². The lowest BCUT2D eigenvalue weighted by Crippen LogP contribution is -2.28. The van der Waals surface area contributed by atoms with E-state index < -0.39 is 11.9 Å². The van der Waals surface area contributed by atoms with Crippen LogP contribution in [0, 0.1) is 5.92 Å². The van der Waals surface area contributed by atoms with E-state index in [9.17, 15) is 14.4 Å². The van der Waals surface area contributed by atoms with E-state index in [0.717, 1.165) is 24.8 Å². The first-order valence-corrected chi connectivity index (χ1v) is 10.0. The fraction of sp³-hybridized carbons (Fsp3) is 0.381. The molecule has 0 fully saturated rings. The van der Waals surface area contributed by atoms with Crippen LogP contribution < -0.4 is 5.32 Å². The third kappa shape index (κ3) is 4.98. The molecule has 0 spiro atoms. The predicted molar refractivity (Wildman–Crippen MR) is 105 cm³/mol. The summed E-state index contributed by atoms with van der Waals surface area (Å²) in [4.78, 5) is 37.4. The van der Waals surface area contributed by atoms with Crippen LogP contribution in [0.5, 0.6) is 0 Å². The summed E-state index contributed by atoms with van der Waals surface area (Å²) in [5.41, 5.74) is 2.50. The van der Waals surface area contributed by atoms with E-state index in [2.05, 4.69) is 17.0 Å². The maximum Gasteiger partial charge on any atom is 0.348 e. The van der Waals surface area contributed by atoms with Gasteiger partial charge in [-0.25, -0.2) is 9.59 Å². The predicted octanol–water partition coefficient (Wildman–Crippen LogP) is 3.13. The number of hydrogen-bond donors (Lipinski definition) is 1. The number of carbonyl (C=O) groups is 3. The van der Waals surface area contributed by atoms with Gasteiger partial charge in [-0.2, -0.15) is 0 Å². The summed E-state index contributed by atoms with van der Waals surface area (Å²) >= 11 is 1.47. The van der Waals surface area contributed by atoms with Gasteiger partial charge in [0.1, 0.15) is 4.88 Å². The van der Waals surface area contributed by atoms with Crippen LogP contribution in [0.1, 0.15) is 49.4 Å². The average molecular weight is 401 g/mol. The molecule has 1 amide bonds. The van der Waals surface area contributed by atoms with Crippen molar-refractivity contribution in [3.05, 3.63) is 56.8 Å². The van der Waals surface area contributed by atoms with Crippen LogP contribution in [0.15, 0.2) is 30.3 Å². The number of ether oxygens (including phenoxy) is 2. The third-order valence-electron chi connectivity index (χ3n) is 4.73. The summed E-state index contributed by atoms with van der Waals surface area (Å²) < 4.78 is 9.79. The number of amides is 1. The minimum absolute atomic E-state index is 0.281. The molecular formula is C21H23NO5S. The molecule has 1 aromatic carbocycles. The number of benzene rings is 1. The van der Waals surface area contributed by atoms with Gasteiger partial charge in [-0.05, 0) is 54.5 Å². The minimum atomic E-state index is -0.454. The molecular weight excluding hydrogens is 378 g/mol. The largest absolute Gasteiger partial charge is 0.465 e. The molecule has 1 aromatic heterocycles.